The number of fused-ring (bicyclic) bond motifs is 1. The third-order valence-electron chi connectivity index (χ3n) is 6.47. The quantitative estimate of drug-likeness (QED) is 0.463. The number of ether oxygens (including phenoxy) is 1. The monoisotopic (exact) mass is 471 g/mol. The SMILES string of the molecule is CCc1c(-c2ccccc2)nc2c(C(=O)N(CC)c3ccccc3N3CCOCC3)c[nH]n2c1=O. The van der Waals surface area contributed by atoms with Crippen molar-refractivity contribution in [1.82, 2.24) is 14.6 Å². The molecule has 0 atom stereocenters. The van der Waals surface area contributed by atoms with Crippen LogP contribution < -0.4 is 15.4 Å². The predicted octanol–water partition coefficient (Wildman–Crippen LogP) is 3.76. The van der Waals surface area contributed by atoms with Gasteiger partial charge in [-0.3, -0.25) is 14.7 Å². The lowest BCUT2D eigenvalue weighted by molar-refractivity contribution is 0.0989. The molecule has 0 radical (unpaired) electrons. The van der Waals surface area contributed by atoms with Gasteiger partial charge in [0, 0.05) is 37.0 Å². The summed E-state index contributed by atoms with van der Waals surface area (Å²) in [5, 5.41) is 2.97. The molecule has 1 saturated heterocycles. The third kappa shape index (κ3) is 4.10. The maximum atomic E-state index is 13.9. The van der Waals surface area contributed by atoms with Crippen LogP contribution in [0.25, 0.3) is 16.9 Å². The largest absolute Gasteiger partial charge is 0.378 e. The van der Waals surface area contributed by atoms with E-state index in [2.05, 4.69) is 10.00 Å². The van der Waals surface area contributed by atoms with Crippen molar-refractivity contribution in [1.29, 1.82) is 0 Å². The Labute approximate surface area is 203 Å². The number of hydrogen-bond donors (Lipinski definition) is 1. The van der Waals surface area contributed by atoms with Crippen molar-refractivity contribution in [2.75, 3.05) is 42.6 Å². The Hall–Kier alpha value is -3.91. The van der Waals surface area contributed by atoms with Gasteiger partial charge in [-0.1, -0.05) is 49.4 Å². The molecule has 0 spiro atoms. The highest BCUT2D eigenvalue weighted by Gasteiger charge is 2.26. The molecule has 1 aliphatic rings. The molecule has 1 N–H and O–H groups in total. The molecule has 2 aromatic heterocycles. The van der Waals surface area contributed by atoms with Crippen molar-refractivity contribution in [3.8, 4) is 11.3 Å². The van der Waals surface area contributed by atoms with Crippen LogP contribution in [-0.2, 0) is 11.2 Å². The number of rotatable bonds is 6. The van der Waals surface area contributed by atoms with Crippen LogP contribution >= 0.6 is 0 Å². The number of aromatic nitrogens is 3. The smallest absolute Gasteiger partial charge is 0.276 e. The molecule has 1 amide bonds. The van der Waals surface area contributed by atoms with Gasteiger partial charge in [0.25, 0.3) is 11.5 Å². The molecule has 1 aliphatic heterocycles. The van der Waals surface area contributed by atoms with E-state index in [1.807, 2.05) is 68.4 Å². The van der Waals surface area contributed by atoms with Gasteiger partial charge in [0.2, 0.25) is 0 Å². The topological polar surface area (TPSA) is 82.9 Å². The number of aromatic amines is 1. The summed E-state index contributed by atoms with van der Waals surface area (Å²) in [6.45, 7) is 7.22. The van der Waals surface area contributed by atoms with Gasteiger partial charge in [-0.05, 0) is 25.5 Å². The second-order valence-corrected chi connectivity index (χ2v) is 8.45. The summed E-state index contributed by atoms with van der Waals surface area (Å²) in [5.41, 5.74) is 4.41. The Balaban J connectivity index is 1.61. The first-order chi connectivity index (χ1) is 17.1. The molecule has 1 fully saturated rings. The van der Waals surface area contributed by atoms with Crippen LogP contribution in [0.2, 0.25) is 0 Å². The van der Waals surface area contributed by atoms with Gasteiger partial charge in [-0.25, -0.2) is 9.50 Å². The van der Waals surface area contributed by atoms with E-state index in [0.717, 1.165) is 30.0 Å². The number of H-pyrrole nitrogens is 1. The van der Waals surface area contributed by atoms with Crippen LogP contribution in [0.3, 0.4) is 0 Å². The summed E-state index contributed by atoms with van der Waals surface area (Å²) in [4.78, 5) is 36.0. The first-order valence-corrected chi connectivity index (χ1v) is 12.1. The fraction of sp³-hybridized carbons (Fsp3) is 0.296. The summed E-state index contributed by atoms with van der Waals surface area (Å²) < 4.78 is 6.89. The molecule has 35 heavy (non-hydrogen) atoms. The summed E-state index contributed by atoms with van der Waals surface area (Å²) in [5.74, 6) is -0.206. The molecular formula is C27H29N5O3. The molecular weight excluding hydrogens is 442 g/mol. The Bertz CT molecular complexity index is 1400. The fourth-order valence-corrected chi connectivity index (χ4v) is 4.69. The number of anilines is 2. The van der Waals surface area contributed by atoms with Crippen LogP contribution in [0.5, 0.6) is 0 Å². The molecule has 5 rings (SSSR count). The first kappa shape index (κ1) is 22.9. The number of para-hydroxylation sites is 2. The lowest BCUT2D eigenvalue weighted by Crippen LogP contribution is -2.38. The number of nitrogens with one attached hydrogen (secondary N) is 1. The van der Waals surface area contributed by atoms with Crippen LogP contribution in [0.15, 0.2) is 65.6 Å². The maximum absolute atomic E-state index is 13.9. The Kier molecular flexibility index (Phi) is 6.37. The van der Waals surface area contributed by atoms with Gasteiger partial charge in [-0.2, -0.15) is 0 Å². The highest BCUT2D eigenvalue weighted by atomic mass is 16.5. The number of amides is 1. The van der Waals surface area contributed by atoms with E-state index >= 15 is 0 Å². The molecule has 2 aromatic carbocycles. The standard InChI is InChI=1S/C27H29N5O3/c1-3-20-24(19-10-6-5-7-11-19)29-25-21(18-28-32(25)27(20)34)26(33)31(4-2)23-13-9-8-12-22(23)30-14-16-35-17-15-30/h5-13,18,28H,3-4,14-17H2,1-2H3. The van der Waals surface area contributed by atoms with Gasteiger partial charge in [-0.15, -0.1) is 0 Å². The van der Waals surface area contributed by atoms with Crippen molar-refractivity contribution in [3.05, 3.63) is 82.3 Å². The average molecular weight is 472 g/mol. The maximum Gasteiger partial charge on any atom is 0.276 e. The van der Waals surface area contributed by atoms with E-state index in [1.165, 1.54) is 4.52 Å². The minimum absolute atomic E-state index is 0.188. The van der Waals surface area contributed by atoms with Crippen molar-refractivity contribution >= 4 is 22.9 Å². The highest BCUT2D eigenvalue weighted by molar-refractivity contribution is 6.11. The second-order valence-electron chi connectivity index (χ2n) is 8.45. The molecule has 0 bridgehead atoms. The van der Waals surface area contributed by atoms with Gasteiger partial charge < -0.3 is 14.5 Å². The van der Waals surface area contributed by atoms with Crippen LogP contribution in [-0.4, -0.2) is 53.4 Å². The van der Waals surface area contributed by atoms with Gasteiger partial charge >= 0.3 is 0 Å². The molecule has 8 nitrogen and oxygen atoms in total. The number of benzene rings is 2. The zero-order valence-corrected chi connectivity index (χ0v) is 20.0. The van der Waals surface area contributed by atoms with Gasteiger partial charge in [0.05, 0.1) is 30.3 Å². The van der Waals surface area contributed by atoms with Crippen LogP contribution in [0.4, 0.5) is 11.4 Å². The number of carbonyl (C=O) groups excluding carboxylic acids is 1. The number of carbonyl (C=O) groups is 1. The van der Waals surface area contributed by atoms with Gasteiger partial charge in [0.15, 0.2) is 5.65 Å². The van der Waals surface area contributed by atoms with E-state index in [1.54, 1.807) is 11.1 Å². The lowest BCUT2D eigenvalue weighted by Gasteiger charge is -2.33. The minimum Gasteiger partial charge on any atom is -0.378 e. The van der Waals surface area contributed by atoms with Crippen molar-refractivity contribution < 1.29 is 9.53 Å². The summed E-state index contributed by atoms with van der Waals surface area (Å²) in [6, 6.07) is 17.6. The average Bonchev–Trinajstić information content (AvgIpc) is 3.35. The molecule has 180 valence electrons. The van der Waals surface area contributed by atoms with Crippen molar-refractivity contribution in [3.63, 3.8) is 0 Å². The van der Waals surface area contributed by atoms with E-state index < -0.39 is 0 Å². The van der Waals surface area contributed by atoms with E-state index in [0.29, 0.717) is 48.6 Å². The number of nitrogens with zero attached hydrogens (tertiary/aromatic N) is 4. The van der Waals surface area contributed by atoms with E-state index in [-0.39, 0.29) is 11.5 Å². The highest BCUT2D eigenvalue weighted by Crippen LogP contribution is 2.31. The fourth-order valence-electron chi connectivity index (χ4n) is 4.69. The second kappa shape index (κ2) is 9.76. The molecule has 0 saturated carbocycles. The Morgan fingerprint density at radius 1 is 1.06 bits per heavy atom. The lowest BCUT2D eigenvalue weighted by atomic mass is 10.1. The minimum atomic E-state index is -0.206. The number of morpholine rings is 1. The van der Waals surface area contributed by atoms with Crippen molar-refractivity contribution in [2.45, 2.75) is 20.3 Å². The summed E-state index contributed by atoms with van der Waals surface area (Å²) >= 11 is 0. The Morgan fingerprint density at radius 3 is 2.49 bits per heavy atom. The van der Waals surface area contributed by atoms with E-state index in [4.69, 9.17) is 9.72 Å². The van der Waals surface area contributed by atoms with Crippen LogP contribution in [0, 0.1) is 0 Å². The number of hydrogen-bond acceptors (Lipinski definition) is 5. The summed E-state index contributed by atoms with van der Waals surface area (Å²) in [7, 11) is 0. The zero-order valence-electron chi connectivity index (χ0n) is 20.0. The molecule has 3 heterocycles. The summed E-state index contributed by atoms with van der Waals surface area (Å²) in [6.07, 6.45) is 2.12. The van der Waals surface area contributed by atoms with Gasteiger partial charge in [0.1, 0.15) is 5.56 Å². The predicted molar refractivity (Wildman–Crippen MR) is 137 cm³/mol. The molecule has 4 aromatic rings. The molecule has 8 heteroatoms. The first-order valence-electron chi connectivity index (χ1n) is 12.1. The van der Waals surface area contributed by atoms with E-state index in [9.17, 15) is 9.59 Å². The normalized spacial score (nSPS) is 13.8. The Morgan fingerprint density at radius 2 is 1.77 bits per heavy atom. The zero-order chi connectivity index (χ0) is 24.4. The van der Waals surface area contributed by atoms with Crippen molar-refractivity contribution in [2.24, 2.45) is 0 Å². The van der Waals surface area contributed by atoms with Crippen LogP contribution in [0.1, 0.15) is 29.8 Å². The third-order valence-corrected chi connectivity index (χ3v) is 6.47. The molecule has 0 aliphatic carbocycles. The molecule has 0 unspecified atom stereocenters.